The van der Waals surface area contributed by atoms with Gasteiger partial charge in [0.25, 0.3) is 5.91 Å². The predicted octanol–water partition coefficient (Wildman–Crippen LogP) is 0.912. The molecule has 1 aromatic rings. The molecule has 1 rings (SSSR count). The summed E-state index contributed by atoms with van der Waals surface area (Å²) in [7, 11) is 0.138. The minimum Gasteiger partial charge on any atom is -0.352 e. The molecule has 22 heavy (non-hydrogen) atoms. The van der Waals surface area contributed by atoms with Crippen molar-refractivity contribution in [2.75, 3.05) is 33.7 Å². The van der Waals surface area contributed by atoms with Gasteiger partial charge in [0.05, 0.1) is 4.90 Å². The van der Waals surface area contributed by atoms with Gasteiger partial charge in [-0.1, -0.05) is 19.9 Å². The van der Waals surface area contributed by atoms with Gasteiger partial charge in [0.2, 0.25) is 10.0 Å². The van der Waals surface area contributed by atoms with Crippen LogP contribution in [0.2, 0.25) is 0 Å². The van der Waals surface area contributed by atoms with Crippen molar-refractivity contribution in [2.45, 2.75) is 18.7 Å². The molecule has 0 aliphatic rings. The van der Waals surface area contributed by atoms with Crippen LogP contribution in [0.5, 0.6) is 0 Å². The van der Waals surface area contributed by atoms with E-state index in [0.717, 1.165) is 0 Å². The lowest BCUT2D eigenvalue weighted by Gasteiger charge is -2.12. The minimum absolute atomic E-state index is 0.100. The van der Waals surface area contributed by atoms with Crippen LogP contribution in [-0.4, -0.2) is 53.0 Å². The molecule has 0 saturated heterocycles. The second-order valence-corrected chi connectivity index (χ2v) is 7.60. The van der Waals surface area contributed by atoms with E-state index in [-0.39, 0.29) is 10.8 Å². The van der Waals surface area contributed by atoms with Crippen molar-refractivity contribution < 1.29 is 13.2 Å². The molecule has 0 atom stereocenters. The Bertz CT molecular complexity index is 598. The first-order valence-corrected chi connectivity index (χ1v) is 8.73. The summed E-state index contributed by atoms with van der Waals surface area (Å²) in [4.78, 5) is 14.0. The third-order valence-electron chi connectivity index (χ3n) is 2.93. The Morgan fingerprint density at radius 2 is 1.95 bits per heavy atom. The predicted molar refractivity (Wildman–Crippen MR) is 87.4 cm³/mol. The Morgan fingerprint density at radius 3 is 2.55 bits per heavy atom. The second-order valence-electron chi connectivity index (χ2n) is 5.83. The van der Waals surface area contributed by atoms with Gasteiger partial charge in [-0.25, -0.2) is 13.1 Å². The monoisotopic (exact) mass is 327 g/mol. The molecule has 0 aliphatic heterocycles. The highest BCUT2D eigenvalue weighted by molar-refractivity contribution is 7.89. The van der Waals surface area contributed by atoms with Crippen LogP contribution in [0.1, 0.15) is 24.2 Å². The number of benzene rings is 1. The highest BCUT2D eigenvalue weighted by atomic mass is 32.2. The van der Waals surface area contributed by atoms with Gasteiger partial charge in [0.15, 0.2) is 0 Å². The van der Waals surface area contributed by atoms with Crippen molar-refractivity contribution in [2.24, 2.45) is 5.92 Å². The lowest BCUT2D eigenvalue weighted by atomic mass is 10.2. The zero-order valence-electron chi connectivity index (χ0n) is 13.6. The number of carbonyl (C=O) groups excluding carboxylic acids is 1. The van der Waals surface area contributed by atoms with Gasteiger partial charge in [-0.2, -0.15) is 0 Å². The van der Waals surface area contributed by atoms with Crippen molar-refractivity contribution in [3.8, 4) is 0 Å². The van der Waals surface area contributed by atoms with E-state index in [2.05, 4.69) is 10.0 Å². The maximum Gasteiger partial charge on any atom is 0.251 e. The molecule has 0 unspecified atom stereocenters. The molecule has 0 fully saturated rings. The molecule has 7 heteroatoms. The molecule has 0 spiro atoms. The molecule has 1 amide bonds. The van der Waals surface area contributed by atoms with E-state index in [1.54, 1.807) is 12.1 Å². The van der Waals surface area contributed by atoms with Crippen LogP contribution in [-0.2, 0) is 10.0 Å². The van der Waals surface area contributed by atoms with Gasteiger partial charge in [-0.15, -0.1) is 0 Å². The van der Waals surface area contributed by atoms with Gasteiger partial charge >= 0.3 is 0 Å². The molecular weight excluding hydrogens is 302 g/mol. The number of nitrogens with one attached hydrogen (secondary N) is 2. The fourth-order valence-corrected chi connectivity index (χ4v) is 2.76. The van der Waals surface area contributed by atoms with Crippen molar-refractivity contribution >= 4 is 15.9 Å². The highest BCUT2D eigenvalue weighted by Gasteiger charge is 2.16. The quantitative estimate of drug-likeness (QED) is 0.744. The largest absolute Gasteiger partial charge is 0.352 e. The van der Waals surface area contributed by atoms with Gasteiger partial charge in [-0.3, -0.25) is 4.79 Å². The summed E-state index contributed by atoms with van der Waals surface area (Å²) >= 11 is 0. The molecule has 0 aliphatic carbocycles. The standard InChI is InChI=1S/C15H25N3O3S/c1-12(2)11-16-15(19)13-6-5-7-14(10-13)22(20,21)17-8-9-18(3)4/h5-7,10,12,17H,8-9,11H2,1-4H3,(H,16,19). The van der Waals surface area contributed by atoms with Crippen LogP contribution in [0.3, 0.4) is 0 Å². The average Bonchev–Trinajstić information content (AvgIpc) is 2.44. The first-order valence-electron chi connectivity index (χ1n) is 7.25. The second kappa shape index (κ2) is 8.26. The van der Waals surface area contributed by atoms with Gasteiger partial charge in [0.1, 0.15) is 0 Å². The fraction of sp³-hybridized carbons (Fsp3) is 0.533. The van der Waals surface area contributed by atoms with Crippen LogP contribution in [0.4, 0.5) is 0 Å². The van der Waals surface area contributed by atoms with E-state index < -0.39 is 10.0 Å². The Labute approximate surface area is 132 Å². The number of amides is 1. The molecule has 0 saturated carbocycles. The molecule has 0 aromatic heterocycles. The number of sulfonamides is 1. The first-order chi connectivity index (χ1) is 10.2. The minimum atomic E-state index is -3.60. The topological polar surface area (TPSA) is 78.5 Å². The maximum absolute atomic E-state index is 12.2. The first kappa shape index (κ1) is 18.6. The molecule has 2 N–H and O–H groups in total. The van der Waals surface area contributed by atoms with Gasteiger partial charge in [-0.05, 0) is 38.2 Å². The summed E-state index contributed by atoms with van der Waals surface area (Å²) in [6, 6.07) is 6.06. The maximum atomic E-state index is 12.2. The lowest BCUT2D eigenvalue weighted by molar-refractivity contribution is 0.0949. The number of hydrogen-bond donors (Lipinski definition) is 2. The number of hydrogen-bond acceptors (Lipinski definition) is 4. The Kier molecular flexibility index (Phi) is 6.99. The van der Waals surface area contributed by atoms with Crippen LogP contribution in [0, 0.1) is 5.92 Å². The number of rotatable bonds is 8. The zero-order chi connectivity index (χ0) is 16.8. The van der Waals surface area contributed by atoms with E-state index >= 15 is 0 Å². The fourth-order valence-electron chi connectivity index (χ4n) is 1.69. The van der Waals surface area contributed by atoms with Crippen LogP contribution in [0.25, 0.3) is 0 Å². The summed E-state index contributed by atoms with van der Waals surface area (Å²) in [6.45, 7) is 5.47. The van der Waals surface area contributed by atoms with E-state index in [1.807, 2.05) is 32.8 Å². The Hall–Kier alpha value is -1.44. The Morgan fingerprint density at radius 1 is 1.27 bits per heavy atom. The SMILES string of the molecule is CC(C)CNC(=O)c1cccc(S(=O)(=O)NCCN(C)C)c1. The smallest absolute Gasteiger partial charge is 0.251 e. The van der Waals surface area contributed by atoms with Crippen molar-refractivity contribution in [1.29, 1.82) is 0 Å². The molecule has 6 nitrogen and oxygen atoms in total. The summed E-state index contributed by atoms with van der Waals surface area (Å²) in [6.07, 6.45) is 0. The number of nitrogens with zero attached hydrogens (tertiary/aromatic N) is 1. The van der Waals surface area contributed by atoms with Gasteiger partial charge < -0.3 is 10.2 Å². The molecule has 0 radical (unpaired) electrons. The van der Waals surface area contributed by atoms with E-state index in [1.165, 1.54) is 12.1 Å². The average molecular weight is 327 g/mol. The van der Waals surface area contributed by atoms with Gasteiger partial charge in [0, 0.05) is 25.2 Å². The van der Waals surface area contributed by atoms with E-state index in [4.69, 9.17) is 0 Å². The third kappa shape index (κ3) is 6.13. The summed E-state index contributed by atoms with van der Waals surface area (Å²) in [5, 5.41) is 2.77. The molecular formula is C15H25N3O3S. The van der Waals surface area contributed by atoms with Crippen LogP contribution in [0.15, 0.2) is 29.2 Å². The summed E-state index contributed by atoms with van der Waals surface area (Å²) in [5.74, 6) is 0.0719. The highest BCUT2D eigenvalue weighted by Crippen LogP contribution is 2.11. The van der Waals surface area contributed by atoms with E-state index in [9.17, 15) is 13.2 Å². The van der Waals surface area contributed by atoms with Crippen LogP contribution >= 0.6 is 0 Å². The molecule has 0 heterocycles. The molecule has 0 bridgehead atoms. The summed E-state index contributed by atoms with van der Waals surface area (Å²) in [5.41, 5.74) is 0.344. The number of carbonyl (C=O) groups is 1. The van der Waals surface area contributed by atoms with Crippen molar-refractivity contribution in [1.82, 2.24) is 14.9 Å². The van der Waals surface area contributed by atoms with Crippen molar-refractivity contribution in [3.05, 3.63) is 29.8 Å². The normalized spacial score (nSPS) is 11.9. The van der Waals surface area contributed by atoms with E-state index in [0.29, 0.717) is 31.1 Å². The van der Waals surface area contributed by atoms with Crippen LogP contribution < -0.4 is 10.0 Å². The zero-order valence-corrected chi connectivity index (χ0v) is 14.4. The molecule has 1 aromatic carbocycles. The molecule has 124 valence electrons. The van der Waals surface area contributed by atoms with Crippen molar-refractivity contribution in [3.63, 3.8) is 0 Å². The lowest BCUT2D eigenvalue weighted by Crippen LogP contribution is -2.32. The summed E-state index contributed by atoms with van der Waals surface area (Å²) < 4.78 is 26.9. The third-order valence-corrected chi connectivity index (χ3v) is 4.39. The Balaban J connectivity index is 2.80. The number of likely N-dealkylation sites (N-methyl/N-ethyl adjacent to an activating group) is 1.